The summed E-state index contributed by atoms with van der Waals surface area (Å²) in [5.74, 6) is -1.40. The first-order chi connectivity index (χ1) is 13.8. The summed E-state index contributed by atoms with van der Waals surface area (Å²) in [5, 5.41) is 11.7. The van der Waals surface area contributed by atoms with Gasteiger partial charge in [0.25, 0.3) is 5.91 Å². The summed E-state index contributed by atoms with van der Waals surface area (Å²) in [5.41, 5.74) is 1.94. The summed E-state index contributed by atoms with van der Waals surface area (Å²) in [4.78, 5) is 23.8. The Kier molecular flexibility index (Phi) is 6.34. The molecule has 1 aliphatic heterocycles. The second-order valence-electron chi connectivity index (χ2n) is 7.17. The fourth-order valence-corrected chi connectivity index (χ4v) is 4.94. The Morgan fingerprint density at radius 3 is 2.48 bits per heavy atom. The van der Waals surface area contributed by atoms with Crippen LogP contribution in [0, 0.1) is 6.92 Å². The monoisotopic (exact) mass is 416 g/mol. The summed E-state index contributed by atoms with van der Waals surface area (Å²) in [6.07, 6.45) is 2.55. The quantitative estimate of drug-likeness (QED) is 0.753. The number of amides is 1. The molecule has 2 N–H and O–H groups in total. The molecule has 29 heavy (non-hydrogen) atoms. The number of nitrogens with zero attached hydrogens (tertiary/aromatic N) is 1. The van der Waals surface area contributed by atoms with Crippen LogP contribution < -0.4 is 5.32 Å². The van der Waals surface area contributed by atoms with Crippen LogP contribution in [0.3, 0.4) is 0 Å². The number of hydrogen-bond donors (Lipinski definition) is 2. The van der Waals surface area contributed by atoms with Crippen LogP contribution in [0.15, 0.2) is 47.4 Å². The van der Waals surface area contributed by atoms with E-state index in [0.29, 0.717) is 29.9 Å². The maximum atomic E-state index is 12.9. The van der Waals surface area contributed by atoms with Crippen molar-refractivity contribution in [3.8, 4) is 0 Å². The maximum Gasteiger partial charge on any atom is 0.307 e. The van der Waals surface area contributed by atoms with Crippen molar-refractivity contribution in [2.75, 3.05) is 18.4 Å². The number of rotatable bonds is 6. The van der Waals surface area contributed by atoms with Crippen molar-refractivity contribution < 1.29 is 23.1 Å². The predicted molar refractivity (Wildman–Crippen MR) is 110 cm³/mol. The van der Waals surface area contributed by atoms with Crippen molar-refractivity contribution in [1.29, 1.82) is 0 Å². The number of benzene rings is 2. The van der Waals surface area contributed by atoms with Crippen LogP contribution in [0.4, 0.5) is 5.69 Å². The number of sulfonamides is 1. The molecule has 2 aromatic carbocycles. The summed E-state index contributed by atoms with van der Waals surface area (Å²) >= 11 is 0. The molecule has 2 aromatic rings. The van der Waals surface area contributed by atoms with E-state index in [2.05, 4.69) is 5.32 Å². The lowest BCUT2D eigenvalue weighted by Gasteiger charge is -2.26. The number of carbonyl (C=O) groups is 2. The molecule has 3 rings (SSSR count). The zero-order valence-electron chi connectivity index (χ0n) is 16.2. The third-order valence-corrected chi connectivity index (χ3v) is 6.84. The van der Waals surface area contributed by atoms with Gasteiger partial charge in [0.1, 0.15) is 0 Å². The van der Waals surface area contributed by atoms with Crippen LogP contribution in [0.25, 0.3) is 0 Å². The Balaban J connectivity index is 1.84. The van der Waals surface area contributed by atoms with Gasteiger partial charge < -0.3 is 10.4 Å². The minimum atomic E-state index is -3.64. The molecule has 1 heterocycles. The molecule has 1 fully saturated rings. The fraction of sp³-hybridized carbons (Fsp3) is 0.333. The van der Waals surface area contributed by atoms with Crippen molar-refractivity contribution >= 4 is 27.6 Å². The minimum Gasteiger partial charge on any atom is -0.481 e. The number of hydrogen-bond acceptors (Lipinski definition) is 4. The number of nitrogens with one attached hydrogen (secondary N) is 1. The summed E-state index contributed by atoms with van der Waals surface area (Å²) in [7, 11) is -3.64. The molecule has 0 radical (unpaired) electrons. The van der Waals surface area contributed by atoms with E-state index in [0.717, 1.165) is 19.3 Å². The van der Waals surface area contributed by atoms with Gasteiger partial charge in [-0.1, -0.05) is 24.6 Å². The number of anilines is 1. The third kappa shape index (κ3) is 5.02. The Hall–Kier alpha value is -2.71. The van der Waals surface area contributed by atoms with Gasteiger partial charge in [0.15, 0.2) is 0 Å². The van der Waals surface area contributed by atoms with E-state index in [1.165, 1.54) is 16.4 Å². The third-order valence-electron chi connectivity index (χ3n) is 4.95. The lowest BCUT2D eigenvalue weighted by molar-refractivity contribution is -0.136. The maximum absolute atomic E-state index is 12.9. The first-order valence-corrected chi connectivity index (χ1v) is 10.9. The molecule has 0 atom stereocenters. The van der Waals surface area contributed by atoms with Gasteiger partial charge in [-0.2, -0.15) is 4.31 Å². The van der Waals surface area contributed by atoms with Gasteiger partial charge in [-0.25, -0.2) is 8.42 Å². The van der Waals surface area contributed by atoms with E-state index >= 15 is 0 Å². The number of carboxylic acids is 1. The molecule has 154 valence electrons. The van der Waals surface area contributed by atoms with Crippen LogP contribution >= 0.6 is 0 Å². The highest BCUT2D eigenvalue weighted by molar-refractivity contribution is 7.89. The Morgan fingerprint density at radius 2 is 1.79 bits per heavy atom. The van der Waals surface area contributed by atoms with Crippen LogP contribution in [0.5, 0.6) is 0 Å². The lowest BCUT2D eigenvalue weighted by atomic mass is 10.1. The molecule has 0 bridgehead atoms. The molecule has 0 unspecified atom stereocenters. The van der Waals surface area contributed by atoms with Crippen LogP contribution in [0.1, 0.15) is 40.7 Å². The van der Waals surface area contributed by atoms with E-state index in [4.69, 9.17) is 5.11 Å². The Morgan fingerprint density at radius 1 is 1.07 bits per heavy atom. The average molecular weight is 416 g/mol. The first-order valence-electron chi connectivity index (χ1n) is 9.50. The number of piperidine rings is 1. The smallest absolute Gasteiger partial charge is 0.307 e. The Labute approximate surface area is 170 Å². The van der Waals surface area contributed by atoms with E-state index in [9.17, 15) is 18.0 Å². The number of carbonyl (C=O) groups excluding carboxylic acids is 1. The first kappa shape index (κ1) is 21.0. The molecule has 0 aliphatic carbocycles. The topological polar surface area (TPSA) is 104 Å². The minimum absolute atomic E-state index is 0.106. The molecular formula is C21H24N2O5S. The Bertz CT molecular complexity index is 1030. The van der Waals surface area contributed by atoms with Crippen LogP contribution in [0.2, 0.25) is 0 Å². The largest absolute Gasteiger partial charge is 0.481 e. The van der Waals surface area contributed by atoms with Crippen molar-refractivity contribution in [3.63, 3.8) is 0 Å². The number of aliphatic carboxylic acids is 1. The molecule has 1 amide bonds. The molecular weight excluding hydrogens is 392 g/mol. The highest BCUT2D eigenvalue weighted by Crippen LogP contribution is 2.23. The lowest BCUT2D eigenvalue weighted by Crippen LogP contribution is -2.35. The molecule has 7 nitrogen and oxygen atoms in total. The van der Waals surface area contributed by atoms with Gasteiger partial charge in [0.05, 0.1) is 11.3 Å². The van der Waals surface area contributed by atoms with Crippen molar-refractivity contribution in [1.82, 2.24) is 4.31 Å². The zero-order chi connectivity index (χ0) is 21.0. The van der Waals surface area contributed by atoms with Gasteiger partial charge in [0.2, 0.25) is 10.0 Å². The summed E-state index contributed by atoms with van der Waals surface area (Å²) in [6, 6.07) is 11.2. The molecule has 0 spiro atoms. The van der Waals surface area contributed by atoms with Gasteiger partial charge in [-0.05, 0) is 55.2 Å². The molecule has 1 saturated heterocycles. The van der Waals surface area contributed by atoms with Gasteiger partial charge in [0, 0.05) is 24.3 Å². The van der Waals surface area contributed by atoms with Crippen molar-refractivity contribution in [2.24, 2.45) is 0 Å². The van der Waals surface area contributed by atoms with Crippen LogP contribution in [-0.4, -0.2) is 42.8 Å². The zero-order valence-corrected chi connectivity index (χ0v) is 17.0. The summed E-state index contributed by atoms with van der Waals surface area (Å²) in [6.45, 7) is 2.73. The standard InChI is InChI=1S/C21H24N2O5S/c1-15-8-9-18(29(27,28)23-10-3-2-4-11-23)14-19(15)21(26)22-17-7-5-6-16(12-17)13-20(24)25/h5-9,12,14H,2-4,10-11,13H2,1H3,(H,22,26)(H,24,25). The second kappa shape index (κ2) is 8.75. The SMILES string of the molecule is Cc1ccc(S(=O)(=O)N2CCCCC2)cc1C(=O)Nc1cccc(CC(=O)O)c1. The van der Waals surface area contributed by atoms with E-state index in [-0.39, 0.29) is 16.9 Å². The van der Waals surface area contributed by atoms with Crippen molar-refractivity contribution in [2.45, 2.75) is 37.5 Å². The van der Waals surface area contributed by atoms with Gasteiger partial charge in [-0.3, -0.25) is 9.59 Å². The second-order valence-corrected chi connectivity index (χ2v) is 9.10. The van der Waals surface area contributed by atoms with Crippen molar-refractivity contribution in [3.05, 3.63) is 59.2 Å². The highest BCUT2D eigenvalue weighted by atomic mass is 32.2. The molecule has 1 aliphatic rings. The molecule has 8 heteroatoms. The average Bonchev–Trinajstić information content (AvgIpc) is 2.68. The molecule has 0 saturated carbocycles. The van der Waals surface area contributed by atoms with E-state index in [1.54, 1.807) is 37.3 Å². The highest BCUT2D eigenvalue weighted by Gasteiger charge is 2.27. The summed E-state index contributed by atoms with van der Waals surface area (Å²) < 4.78 is 27.3. The normalized spacial score (nSPS) is 15.1. The van der Waals surface area contributed by atoms with Gasteiger partial charge in [-0.15, -0.1) is 0 Å². The van der Waals surface area contributed by atoms with E-state index in [1.807, 2.05) is 0 Å². The van der Waals surface area contributed by atoms with Gasteiger partial charge >= 0.3 is 5.97 Å². The predicted octanol–water partition coefficient (Wildman–Crippen LogP) is 3.05. The van der Waals surface area contributed by atoms with Crippen LogP contribution in [-0.2, 0) is 21.2 Å². The molecule has 0 aromatic heterocycles. The fourth-order valence-electron chi connectivity index (χ4n) is 3.39. The number of carboxylic acid groups (broad SMARTS) is 1. The van der Waals surface area contributed by atoms with E-state index < -0.39 is 21.9 Å². The number of aryl methyl sites for hydroxylation is 1.